The van der Waals surface area contributed by atoms with E-state index in [2.05, 4.69) is 10.3 Å². The highest BCUT2D eigenvalue weighted by Gasteiger charge is 2.29. The lowest BCUT2D eigenvalue weighted by Crippen LogP contribution is -2.40. The SMILES string of the molecule is COc1ccccc1NC(N)=NCC1(O)CCOCC1.I. The molecule has 1 saturated heterocycles. The highest BCUT2D eigenvalue weighted by Crippen LogP contribution is 2.23. The normalized spacial score (nSPS) is 17.7. The number of aliphatic hydroxyl groups is 1. The average molecular weight is 407 g/mol. The van der Waals surface area contributed by atoms with Crippen LogP contribution < -0.4 is 15.8 Å². The predicted molar refractivity (Wildman–Crippen MR) is 93.5 cm³/mol. The second-order valence-electron chi connectivity index (χ2n) is 4.86. The summed E-state index contributed by atoms with van der Waals surface area (Å²) >= 11 is 0. The molecule has 0 atom stereocenters. The number of nitrogens with two attached hydrogens (primary N) is 1. The summed E-state index contributed by atoms with van der Waals surface area (Å²) in [4.78, 5) is 4.21. The van der Waals surface area contributed by atoms with Crippen molar-refractivity contribution in [2.24, 2.45) is 10.7 Å². The number of methoxy groups -OCH3 is 1. The van der Waals surface area contributed by atoms with Crippen molar-refractivity contribution in [3.8, 4) is 5.75 Å². The van der Waals surface area contributed by atoms with Gasteiger partial charge in [0.15, 0.2) is 5.96 Å². The third kappa shape index (κ3) is 5.33. The van der Waals surface area contributed by atoms with Crippen LogP contribution in [0.3, 0.4) is 0 Å². The van der Waals surface area contributed by atoms with Gasteiger partial charge in [-0.1, -0.05) is 12.1 Å². The van der Waals surface area contributed by atoms with Crippen molar-refractivity contribution in [1.29, 1.82) is 0 Å². The molecule has 0 unspecified atom stereocenters. The number of ether oxygens (including phenoxy) is 2. The summed E-state index contributed by atoms with van der Waals surface area (Å²) in [6, 6.07) is 7.44. The van der Waals surface area contributed by atoms with Crippen LogP contribution >= 0.6 is 24.0 Å². The highest BCUT2D eigenvalue weighted by atomic mass is 127. The number of rotatable bonds is 4. The summed E-state index contributed by atoms with van der Waals surface area (Å²) < 4.78 is 10.4. The topological polar surface area (TPSA) is 89.1 Å². The molecule has 7 heteroatoms. The van der Waals surface area contributed by atoms with Gasteiger partial charge in [-0.2, -0.15) is 0 Å². The number of para-hydroxylation sites is 2. The van der Waals surface area contributed by atoms with Gasteiger partial charge in [0.05, 0.1) is 24.9 Å². The number of aliphatic imine (C=N–C) groups is 1. The van der Waals surface area contributed by atoms with Crippen molar-refractivity contribution in [1.82, 2.24) is 0 Å². The molecule has 4 N–H and O–H groups in total. The quantitative estimate of drug-likeness (QED) is 0.401. The Morgan fingerprint density at radius 3 is 2.76 bits per heavy atom. The van der Waals surface area contributed by atoms with Crippen LogP contribution in [-0.4, -0.2) is 43.5 Å². The molecule has 1 heterocycles. The Morgan fingerprint density at radius 1 is 1.43 bits per heavy atom. The van der Waals surface area contributed by atoms with Gasteiger partial charge in [-0.05, 0) is 12.1 Å². The monoisotopic (exact) mass is 407 g/mol. The maximum absolute atomic E-state index is 10.3. The molecule has 21 heavy (non-hydrogen) atoms. The van der Waals surface area contributed by atoms with Gasteiger partial charge in [0.2, 0.25) is 0 Å². The molecular formula is C14H22IN3O3. The van der Waals surface area contributed by atoms with Crippen LogP contribution in [0, 0.1) is 0 Å². The van der Waals surface area contributed by atoms with Gasteiger partial charge in [0.1, 0.15) is 5.75 Å². The number of guanidine groups is 1. The molecule has 118 valence electrons. The maximum Gasteiger partial charge on any atom is 0.193 e. The van der Waals surface area contributed by atoms with Crippen molar-refractivity contribution >= 4 is 35.6 Å². The van der Waals surface area contributed by atoms with E-state index in [-0.39, 0.29) is 36.5 Å². The molecule has 0 aliphatic carbocycles. The summed E-state index contributed by atoms with van der Waals surface area (Å²) in [7, 11) is 1.60. The van der Waals surface area contributed by atoms with E-state index >= 15 is 0 Å². The van der Waals surface area contributed by atoms with Crippen LogP contribution in [0.4, 0.5) is 5.69 Å². The van der Waals surface area contributed by atoms with Crippen LogP contribution in [0.1, 0.15) is 12.8 Å². The molecule has 1 aliphatic heterocycles. The summed E-state index contributed by atoms with van der Waals surface area (Å²) in [6.07, 6.45) is 1.16. The summed E-state index contributed by atoms with van der Waals surface area (Å²) in [5.41, 5.74) is 5.78. The van der Waals surface area contributed by atoms with Gasteiger partial charge >= 0.3 is 0 Å². The van der Waals surface area contributed by atoms with E-state index in [4.69, 9.17) is 15.2 Å². The zero-order valence-electron chi connectivity index (χ0n) is 12.0. The van der Waals surface area contributed by atoms with Crippen molar-refractivity contribution in [3.05, 3.63) is 24.3 Å². The second-order valence-corrected chi connectivity index (χ2v) is 4.86. The van der Waals surface area contributed by atoms with E-state index in [0.29, 0.717) is 31.8 Å². The minimum absolute atomic E-state index is 0. The maximum atomic E-state index is 10.3. The Morgan fingerprint density at radius 2 is 2.10 bits per heavy atom. The number of nitrogens with one attached hydrogen (secondary N) is 1. The third-order valence-electron chi connectivity index (χ3n) is 3.34. The molecule has 1 aromatic rings. The van der Waals surface area contributed by atoms with Gasteiger partial charge in [-0.25, -0.2) is 0 Å². The first kappa shape index (κ1) is 18.0. The summed E-state index contributed by atoms with van der Waals surface area (Å²) in [5.74, 6) is 0.949. The van der Waals surface area contributed by atoms with Crippen molar-refractivity contribution in [2.45, 2.75) is 18.4 Å². The van der Waals surface area contributed by atoms with Crippen LogP contribution in [-0.2, 0) is 4.74 Å². The first-order chi connectivity index (χ1) is 9.63. The number of benzene rings is 1. The van der Waals surface area contributed by atoms with Crippen LogP contribution in [0.25, 0.3) is 0 Å². The molecular weight excluding hydrogens is 385 g/mol. The lowest BCUT2D eigenvalue weighted by Gasteiger charge is -2.30. The van der Waals surface area contributed by atoms with Gasteiger partial charge in [-0.15, -0.1) is 24.0 Å². The fourth-order valence-corrected chi connectivity index (χ4v) is 2.07. The van der Waals surface area contributed by atoms with Crippen LogP contribution in [0.5, 0.6) is 5.75 Å². The molecule has 0 radical (unpaired) electrons. The molecule has 2 rings (SSSR count). The first-order valence-corrected chi connectivity index (χ1v) is 6.63. The lowest BCUT2D eigenvalue weighted by atomic mass is 9.95. The van der Waals surface area contributed by atoms with Gasteiger partial charge in [0, 0.05) is 26.1 Å². The minimum Gasteiger partial charge on any atom is -0.495 e. The Kier molecular flexibility index (Phi) is 7.20. The van der Waals surface area contributed by atoms with E-state index in [1.165, 1.54) is 0 Å². The fraction of sp³-hybridized carbons (Fsp3) is 0.500. The Balaban J connectivity index is 0.00000220. The number of hydrogen-bond acceptors (Lipinski definition) is 4. The van der Waals surface area contributed by atoms with Gasteiger partial charge in [-0.3, -0.25) is 4.99 Å². The summed E-state index contributed by atoms with van der Waals surface area (Å²) in [5, 5.41) is 13.3. The van der Waals surface area contributed by atoms with Crippen molar-refractivity contribution in [2.75, 3.05) is 32.2 Å². The number of halogens is 1. The Hall–Kier alpha value is -1.06. The minimum atomic E-state index is -0.814. The molecule has 0 bridgehead atoms. The highest BCUT2D eigenvalue weighted by molar-refractivity contribution is 14.0. The lowest BCUT2D eigenvalue weighted by molar-refractivity contribution is -0.0565. The fourth-order valence-electron chi connectivity index (χ4n) is 2.07. The number of hydrogen-bond donors (Lipinski definition) is 3. The van der Waals surface area contributed by atoms with Gasteiger partial charge < -0.3 is 25.6 Å². The zero-order chi connectivity index (χ0) is 14.4. The smallest absolute Gasteiger partial charge is 0.193 e. The van der Waals surface area contributed by atoms with Crippen molar-refractivity contribution in [3.63, 3.8) is 0 Å². The number of nitrogens with zero attached hydrogens (tertiary/aromatic N) is 1. The predicted octanol–water partition coefficient (Wildman–Crippen LogP) is 1.58. The molecule has 0 amide bonds. The third-order valence-corrected chi connectivity index (χ3v) is 3.34. The molecule has 1 aromatic carbocycles. The molecule has 0 saturated carbocycles. The molecule has 1 aliphatic rings. The molecule has 6 nitrogen and oxygen atoms in total. The largest absolute Gasteiger partial charge is 0.495 e. The standard InChI is InChI=1S/C14H21N3O3.HI/c1-19-12-5-3-2-4-11(12)17-13(15)16-10-14(18)6-8-20-9-7-14;/h2-5,18H,6-10H2,1H3,(H3,15,16,17);1H. The van der Waals surface area contributed by atoms with Crippen molar-refractivity contribution < 1.29 is 14.6 Å². The average Bonchev–Trinajstić information content (AvgIpc) is 2.47. The first-order valence-electron chi connectivity index (χ1n) is 6.63. The second kappa shape index (κ2) is 8.40. The van der Waals surface area contributed by atoms with Crippen LogP contribution in [0.2, 0.25) is 0 Å². The molecule has 0 spiro atoms. The Bertz CT molecular complexity index is 476. The zero-order valence-corrected chi connectivity index (χ0v) is 14.4. The van der Waals surface area contributed by atoms with E-state index in [0.717, 1.165) is 5.69 Å². The molecule has 0 aromatic heterocycles. The van der Waals surface area contributed by atoms with Gasteiger partial charge in [0.25, 0.3) is 0 Å². The number of anilines is 1. The van der Waals surface area contributed by atoms with E-state index < -0.39 is 5.60 Å². The van der Waals surface area contributed by atoms with Crippen LogP contribution in [0.15, 0.2) is 29.3 Å². The van der Waals surface area contributed by atoms with E-state index in [1.54, 1.807) is 7.11 Å². The Labute approximate surface area is 141 Å². The molecule has 1 fully saturated rings. The summed E-state index contributed by atoms with van der Waals surface area (Å²) in [6.45, 7) is 1.39. The van der Waals surface area contributed by atoms with E-state index in [1.807, 2.05) is 24.3 Å². The van der Waals surface area contributed by atoms with E-state index in [9.17, 15) is 5.11 Å².